The minimum absolute atomic E-state index is 0.212. The molecule has 3 aromatic rings. The number of sulfonamides is 1. The first-order valence-electron chi connectivity index (χ1n) is 8.80. The predicted molar refractivity (Wildman–Crippen MR) is 108 cm³/mol. The van der Waals surface area contributed by atoms with E-state index in [2.05, 4.69) is 28.9 Å². The maximum Gasteiger partial charge on any atom is 0.240 e. The fourth-order valence-electron chi connectivity index (χ4n) is 2.73. The quantitative estimate of drug-likeness (QED) is 0.652. The van der Waals surface area contributed by atoms with Gasteiger partial charge in [0.05, 0.1) is 16.9 Å². The number of hydrogen-bond donors (Lipinski definition) is 2. The Morgan fingerprint density at radius 2 is 1.85 bits per heavy atom. The Morgan fingerprint density at radius 3 is 2.48 bits per heavy atom. The summed E-state index contributed by atoms with van der Waals surface area (Å²) in [4.78, 5) is 4.69. The number of nitrogens with one attached hydrogen (secondary N) is 2. The third-order valence-electron chi connectivity index (χ3n) is 4.37. The molecule has 1 heterocycles. The first kappa shape index (κ1) is 19.1. The molecule has 6 nitrogen and oxygen atoms in total. The Balaban J connectivity index is 2.00. The Hall–Kier alpha value is -2.64. The lowest BCUT2D eigenvalue weighted by Crippen LogP contribution is -2.18. The van der Waals surface area contributed by atoms with Crippen molar-refractivity contribution in [3.05, 3.63) is 66.6 Å². The predicted octanol–water partition coefficient (Wildman–Crippen LogP) is 3.65. The highest BCUT2D eigenvalue weighted by Crippen LogP contribution is 2.30. The van der Waals surface area contributed by atoms with Crippen molar-refractivity contribution >= 4 is 15.7 Å². The minimum Gasteiger partial charge on any atom is -0.380 e. The molecule has 0 atom stereocenters. The third-order valence-corrected chi connectivity index (χ3v) is 5.78. The molecule has 0 bridgehead atoms. The van der Waals surface area contributed by atoms with Crippen LogP contribution in [-0.4, -0.2) is 25.0 Å². The number of hydrogen-bond acceptors (Lipinski definition) is 4. The van der Waals surface area contributed by atoms with E-state index < -0.39 is 10.0 Å². The highest BCUT2D eigenvalue weighted by Gasteiger charge is 2.16. The van der Waals surface area contributed by atoms with E-state index >= 15 is 0 Å². The van der Waals surface area contributed by atoms with Gasteiger partial charge in [-0.15, -0.1) is 0 Å². The second kappa shape index (κ2) is 7.94. The number of imidazole rings is 1. The van der Waals surface area contributed by atoms with E-state index in [9.17, 15) is 8.42 Å². The molecule has 1 aromatic heterocycles. The largest absolute Gasteiger partial charge is 0.380 e. The topological polar surface area (TPSA) is 76.0 Å². The first-order valence-corrected chi connectivity index (χ1v) is 10.3. The number of anilines is 1. The van der Waals surface area contributed by atoms with Crippen LogP contribution in [0.15, 0.2) is 66.0 Å². The molecule has 0 aliphatic heterocycles. The van der Waals surface area contributed by atoms with Gasteiger partial charge in [0, 0.05) is 30.0 Å². The van der Waals surface area contributed by atoms with Gasteiger partial charge in [0.2, 0.25) is 10.0 Å². The lowest BCUT2D eigenvalue weighted by molar-refractivity contribution is 0.588. The maximum atomic E-state index is 12.2. The van der Waals surface area contributed by atoms with Gasteiger partial charge in [-0.25, -0.2) is 18.1 Å². The number of rotatable bonds is 7. The van der Waals surface area contributed by atoms with Crippen molar-refractivity contribution in [2.75, 3.05) is 12.4 Å². The van der Waals surface area contributed by atoms with Crippen LogP contribution in [0.3, 0.4) is 0 Å². The first-order chi connectivity index (χ1) is 12.9. The van der Waals surface area contributed by atoms with Crippen LogP contribution in [0, 0.1) is 0 Å². The van der Waals surface area contributed by atoms with E-state index in [1.807, 2.05) is 41.1 Å². The molecule has 0 spiro atoms. The van der Waals surface area contributed by atoms with Gasteiger partial charge in [0.1, 0.15) is 0 Å². The zero-order valence-corrected chi connectivity index (χ0v) is 16.5. The second-order valence-electron chi connectivity index (χ2n) is 6.55. The molecule has 142 valence electrons. The molecule has 0 saturated carbocycles. The van der Waals surface area contributed by atoms with Crippen LogP contribution < -0.4 is 10.0 Å². The van der Waals surface area contributed by atoms with Crippen molar-refractivity contribution in [3.63, 3.8) is 0 Å². The summed E-state index contributed by atoms with van der Waals surface area (Å²) in [7, 11) is -2.13. The highest BCUT2D eigenvalue weighted by molar-refractivity contribution is 7.89. The molecule has 0 aliphatic carbocycles. The van der Waals surface area contributed by atoms with Gasteiger partial charge in [-0.3, -0.25) is 0 Å². The molecule has 2 aromatic carbocycles. The summed E-state index contributed by atoms with van der Waals surface area (Å²) in [6.07, 6.45) is 3.70. The Labute approximate surface area is 160 Å². The van der Waals surface area contributed by atoms with Crippen LogP contribution in [-0.2, 0) is 16.6 Å². The van der Waals surface area contributed by atoms with Crippen LogP contribution in [0.4, 0.5) is 5.69 Å². The summed E-state index contributed by atoms with van der Waals surface area (Å²) in [6.45, 7) is 4.78. The van der Waals surface area contributed by atoms with Gasteiger partial charge in [0.15, 0.2) is 0 Å². The zero-order valence-electron chi connectivity index (χ0n) is 15.7. The fourth-order valence-corrected chi connectivity index (χ4v) is 3.48. The van der Waals surface area contributed by atoms with Crippen LogP contribution in [0.2, 0.25) is 0 Å². The number of nitrogens with zero attached hydrogens (tertiary/aromatic N) is 2. The average Bonchev–Trinajstić information content (AvgIpc) is 3.17. The van der Waals surface area contributed by atoms with Crippen LogP contribution >= 0.6 is 0 Å². The van der Waals surface area contributed by atoms with Gasteiger partial charge < -0.3 is 9.88 Å². The lowest BCUT2D eigenvalue weighted by atomic mass is 10.1. The smallest absolute Gasteiger partial charge is 0.240 e. The van der Waals surface area contributed by atoms with Gasteiger partial charge in [-0.05, 0) is 44.7 Å². The average molecular weight is 385 g/mol. The summed E-state index contributed by atoms with van der Waals surface area (Å²) in [5.74, 6) is 0. The monoisotopic (exact) mass is 384 g/mol. The van der Waals surface area contributed by atoms with Crippen LogP contribution in [0.1, 0.15) is 25.5 Å². The summed E-state index contributed by atoms with van der Waals surface area (Å²) in [6, 6.07) is 15.4. The van der Waals surface area contributed by atoms with Gasteiger partial charge in [0.25, 0.3) is 0 Å². The molecular weight excluding hydrogens is 360 g/mol. The lowest BCUT2D eigenvalue weighted by Gasteiger charge is -2.13. The summed E-state index contributed by atoms with van der Waals surface area (Å²) >= 11 is 0. The molecule has 0 radical (unpaired) electrons. The third kappa shape index (κ3) is 4.37. The minimum atomic E-state index is -3.53. The van der Waals surface area contributed by atoms with Crippen molar-refractivity contribution in [1.82, 2.24) is 14.3 Å². The maximum absolute atomic E-state index is 12.2. The summed E-state index contributed by atoms with van der Waals surface area (Å²) in [5, 5.41) is 3.40. The normalized spacial score (nSPS) is 11.7. The van der Waals surface area contributed by atoms with Crippen molar-refractivity contribution in [3.8, 4) is 11.3 Å². The molecule has 0 unspecified atom stereocenters. The molecule has 0 saturated heterocycles. The van der Waals surface area contributed by atoms with Crippen molar-refractivity contribution in [2.24, 2.45) is 0 Å². The van der Waals surface area contributed by atoms with Crippen LogP contribution in [0.5, 0.6) is 0 Å². The van der Waals surface area contributed by atoms with E-state index in [1.165, 1.54) is 7.05 Å². The fraction of sp³-hybridized carbons (Fsp3) is 0.250. The van der Waals surface area contributed by atoms with E-state index in [-0.39, 0.29) is 10.9 Å². The molecule has 7 heteroatoms. The van der Waals surface area contributed by atoms with E-state index in [0.717, 1.165) is 22.5 Å². The van der Waals surface area contributed by atoms with Crippen LogP contribution in [0.25, 0.3) is 11.3 Å². The molecule has 0 aliphatic rings. The van der Waals surface area contributed by atoms with Crippen molar-refractivity contribution in [1.29, 1.82) is 0 Å². The number of aromatic nitrogens is 2. The van der Waals surface area contributed by atoms with E-state index in [4.69, 9.17) is 0 Å². The van der Waals surface area contributed by atoms with Gasteiger partial charge in [-0.2, -0.15) is 0 Å². The van der Waals surface area contributed by atoms with E-state index in [1.54, 1.807) is 24.5 Å². The summed E-state index contributed by atoms with van der Waals surface area (Å²) in [5.41, 5.74) is 3.46. The van der Waals surface area contributed by atoms with Gasteiger partial charge in [-0.1, -0.05) is 30.3 Å². The molecule has 2 N–H and O–H groups in total. The SMILES string of the molecule is CNS(=O)(=O)c1ccc(NCc2ccccc2)c(-c2cn(C(C)C)cn2)c1. The Kier molecular flexibility index (Phi) is 5.62. The second-order valence-corrected chi connectivity index (χ2v) is 8.44. The standard InChI is InChI=1S/C20H24N4O2S/c1-15(2)24-13-20(23-14-24)18-11-17(27(25,26)21-3)9-10-19(18)22-12-16-7-5-4-6-8-16/h4-11,13-15,21-22H,12H2,1-3H3. The van der Waals surface area contributed by atoms with Crippen molar-refractivity contribution < 1.29 is 8.42 Å². The van der Waals surface area contributed by atoms with E-state index in [0.29, 0.717) is 6.54 Å². The molecular formula is C20H24N4O2S. The Morgan fingerprint density at radius 1 is 1.11 bits per heavy atom. The highest BCUT2D eigenvalue weighted by atomic mass is 32.2. The number of benzene rings is 2. The van der Waals surface area contributed by atoms with Crippen molar-refractivity contribution in [2.45, 2.75) is 31.3 Å². The molecule has 0 fully saturated rings. The summed E-state index contributed by atoms with van der Waals surface area (Å²) < 4.78 is 28.8. The Bertz CT molecular complexity index is 1010. The molecule has 0 amide bonds. The molecule has 27 heavy (non-hydrogen) atoms. The molecule has 3 rings (SSSR count). The zero-order chi connectivity index (χ0) is 19.4. The van der Waals surface area contributed by atoms with Gasteiger partial charge >= 0.3 is 0 Å².